The smallest absolute Gasteiger partial charge is 0.108 e. The van der Waals surface area contributed by atoms with Crippen LogP contribution in [0, 0.1) is 0 Å². The Morgan fingerprint density at radius 2 is 1.84 bits per heavy atom. The predicted octanol–water partition coefficient (Wildman–Crippen LogP) is 3.24. The van der Waals surface area contributed by atoms with Crippen LogP contribution in [0.3, 0.4) is 0 Å². The number of hydrogen-bond donors (Lipinski definition) is 0. The average molecular weight is 257 g/mol. The van der Waals surface area contributed by atoms with E-state index in [-0.39, 0.29) is 0 Å². The van der Waals surface area contributed by atoms with Crippen molar-refractivity contribution < 1.29 is 10.2 Å². The zero-order valence-corrected chi connectivity index (χ0v) is 10.8. The molecule has 1 aliphatic rings. The van der Waals surface area contributed by atoms with E-state index < -0.39 is 19.2 Å². The fourth-order valence-corrected chi connectivity index (χ4v) is 2.33. The lowest BCUT2D eigenvalue weighted by atomic mass is 9.96. The van der Waals surface area contributed by atoms with E-state index >= 15 is 0 Å². The van der Waals surface area contributed by atoms with Gasteiger partial charge in [0.15, 0.2) is 0 Å². The SMILES string of the molecule is [2H]C1([2H])OC(c2ccccc2)c2ccccc2CN(C)C1([2H])[2H]. The number of hydrogen-bond acceptors (Lipinski definition) is 2. The van der Waals surface area contributed by atoms with Crippen molar-refractivity contribution in [2.24, 2.45) is 0 Å². The van der Waals surface area contributed by atoms with E-state index in [1.165, 1.54) is 4.90 Å². The second kappa shape index (κ2) is 5.55. The summed E-state index contributed by atoms with van der Waals surface area (Å²) in [5, 5.41) is 0. The van der Waals surface area contributed by atoms with Crippen molar-refractivity contribution in [3.8, 4) is 0 Å². The van der Waals surface area contributed by atoms with Gasteiger partial charge in [0.05, 0.1) is 9.30 Å². The van der Waals surface area contributed by atoms with Crippen molar-refractivity contribution in [1.29, 1.82) is 0 Å². The van der Waals surface area contributed by atoms with Crippen LogP contribution in [0.15, 0.2) is 54.6 Å². The van der Waals surface area contributed by atoms with Crippen LogP contribution in [0.1, 0.15) is 28.3 Å². The van der Waals surface area contributed by atoms with Crippen molar-refractivity contribution >= 4 is 0 Å². The van der Waals surface area contributed by atoms with E-state index in [4.69, 9.17) is 10.2 Å². The topological polar surface area (TPSA) is 12.5 Å². The van der Waals surface area contributed by atoms with Gasteiger partial charge in [-0.15, -0.1) is 0 Å². The first-order chi connectivity index (χ1) is 10.8. The molecule has 19 heavy (non-hydrogen) atoms. The number of fused-ring (bicyclic) bond motifs is 1. The van der Waals surface area contributed by atoms with Crippen LogP contribution >= 0.6 is 0 Å². The normalized spacial score (nSPS) is 28.8. The Labute approximate surface area is 120 Å². The molecule has 98 valence electrons. The lowest BCUT2D eigenvalue weighted by Gasteiger charge is -2.28. The van der Waals surface area contributed by atoms with Crippen LogP contribution in [0.4, 0.5) is 0 Å². The van der Waals surface area contributed by atoms with Gasteiger partial charge in [-0.3, -0.25) is 4.90 Å². The first kappa shape index (κ1) is 8.51. The second-order valence-corrected chi connectivity index (χ2v) is 4.68. The molecule has 2 heteroatoms. The monoisotopic (exact) mass is 257 g/mol. The first-order valence-corrected chi connectivity index (χ1v) is 6.35. The maximum absolute atomic E-state index is 8.16. The summed E-state index contributed by atoms with van der Waals surface area (Å²) in [7, 11) is 1.57. The van der Waals surface area contributed by atoms with Gasteiger partial charge in [-0.25, -0.2) is 0 Å². The molecule has 2 nitrogen and oxygen atoms in total. The molecule has 0 N–H and O–H groups in total. The summed E-state index contributed by atoms with van der Waals surface area (Å²) in [6.45, 7) is -4.38. The highest BCUT2D eigenvalue weighted by molar-refractivity contribution is 5.36. The molecule has 1 unspecified atom stereocenters. The van der Waals surface area contributed by atoms with Gasteiger partial charge in [0.1, 0.15) is 6.10 Å². The fraction of sp³-hybridized carbons (Fsp3) is 0.294. The van der Waals surface area contributed by atoms with E-state index in [0.29, 0.717) is 6.54 Å². The molecule has 0 saturated carbocycles. The highest BCUT2D eigenvalue weighted by atomic mass is 16.5. The molecular formula is C17H19NO. The van der Waals surface area contributed by atoms with Crippen LogP contribution in [-0.4, -0.2) is 25.0 Å². The van der Waals surface area contributed by atoms with Gasteiger partial charge in [0.2, 0.25) is 0 Å². The summed E-state index contributed by atoms with van der Waals surface area (Å²) >= 11 is 0. The van der Waals surface area contributed by atoms with Gasteiger partial charge in [-0.1, -0.05) is 54.6 Å². The summed E-state index contributed by atoms with van der Waals surface area (Å²) in [6, 6.07) is 17.0. The Morgan fingerprint density at radius 3 is 2.68 bits per heavy atom. The number of benzene rings is 2. The highest BCUT2D eigenvalue weighted by Crippen LogP contribution is 2.30. The van der Waals surface area contributed by atoms with Gasteiger partial charge in [-0.05, 0) is 23.7 Å². The fourth-order valence-electron chi connectivity index (χ4n) is 2.33. The van der Waals surface area contributed by atoms with Crippen LogP contribution in [0.2, 0.25) is 0 Å². The molecule has 1 atom stereocenters. The first-order valence-electron chi connectivity index (χ1n) is 8.35. The third-order valence-corrected chi connectivity index (χ3v) is 3.26. The Hall–Kier alpha value is -1.64. The van der Waals surface area contributed by atoms with Gasteiger partial charge in [0, 0.05) is 15.8 Å². The van der Waals surface area contributed by atoms with E-state index in [1.807, 2.05) is 54.6 Å². The molecule has 1 aliphatic heterocycles. The Morgan fingerprint density at radius 1 is 1.11 bits per heavy atom. The summed E-state index contributed by atoms with van der Waals surface area (Å²) in [5.41, 5.74) is 2.61. The average Bonchev–Trinajstić information content (AvgIpc) is 2.53. The van der Waals surface area contributed by atoms with E-state index in [2.05, 4.69) is 0 Å². The number of likely N-dealkylation sites (N-methyl/N-ethyl adjacent to an activating group) is 1. The van der Waals surface area contributed by atoms with Crippen molar-refractivity contribution in [3.05, 3.63) is 71.3 Å². The van der Waals surface area contributed by atoms with E-state index in [0.717, 1.165) is 16.7 Å². The summed E-state index contributed by atoms with van der Waals surface area (Å²) in [4.78, 5) is 1.35. The Bertz CT molecular complexity index is 690. The Kier molecular flexibility index (Phi) is 2.49. The zero-order chi connectivity index (χ0) is 16.7. The maximum Gasteiger partial charge on any atom is 0.108 e. The standard InChI is InChI=1S/C17H19NO/c1-18-11-12-19-17(14-7-3-2-4-8-14)16-10-6-5-9-15(16)13-18/h2-10,17H,11-13H2,1H3/i11D2,12D2. The number of rotatable bonds is 1. The molecule has 2 aromatic rings. The molecule has 0 aromatic heterocycles. The number of nitrogens with zero attached hydrogens (tertiary/aromatic N) is 1. The lowest BCUT2D eigenvalue weighted by molar-refractivity contribution is 0.0554. The molecule has 0 aliphatic carbocycles. The third kappa shape index (κ3) is 2.70. The molecule has 0 radical (unpaired) electrons. The second-order valence-electron chi connectivity index (χ2n) is 4.68. The summed E-state index contributed by atoms with van der Waals surface area (Å²) in [5.74, 6) is 0. The molecular weight excluding hydrogens is 234 g/mol. The van der Waals surface area contributed by atoms with Crippen LogP contribution in [0.25, 0.3) is 0 Å². The van der Waals surface area contributed by atoms with Crippen molar-refractivity contribution in [2.75, 3.05) is 20.1 Å². The minimum absolute atomic E-state index is 0.315. The van der Waals surface area contributed by atoms with Gasteiger partial charge < -0.3 is 4.74 Å². The van der Waals surface area contributed by atoms with Crippen LogP contribution in [-0.2, 0) is 11.3 Å². The van der Waals surface area contributed by atoms with E-state index in [1.54, 1.807) is 7.05 Å². The predicted molar refractivity (Wildman–Crippen MR) is 77.0 cm³/mol. The van der Waals surface area contributed by atoms with Gasteiger partial charge in [-0.2, -0.15) is 0 Å². The lowest BCUT2D eigenvalue weighted by Crippen LogP contribution is -2.27. The van der Waals surface area contributed by atoms with Gasteiger partial charge >= 0.3 is 0 Å². The molecule has 0 amide bonds. The number of ether oxygens (including phenoxy) is 1. The molecule has 0 fully saturated rings. The molecule has 0 spiro atoms. The Balaban J connectivity index is 2.16. The summed E-state index contributed by atoms with van der Waals surface area (Å²) < 4.78 is 38.3. The van der Waals surface area contributed by atoms with Gasteiger partial charge in [0.25, 0.3) is 0 Å². The maximum atomic E-state index is 8.16. The van der Waals surface area contributed by atoms with Crippen LogP contribution in [0.5, 0.6) is 0 Å². The minimum atomic E-state index is -2.45. The van der Waals surface area contributed by atoms with Crippen LogP contribution < -0.4 is 0 Å². The quantitative estimate of drug-likeness (QED) is 0.777. The molecule has 3 rings (SSSR count). The van der Waals surface area contributed by atoms with Crippen molar-refractivity contribution in [3.63, 3.8) is 0 Å². The zero-order valence-electron chi connectivity index (χ0n) is 14.8. The molecule has 1 heterocycles. The largest absolute Gasteiger partial charge is 0.367 e. The minimum Gasteiger partial charge on any atom is -0.367 e. The summed E-state index contributed by atoms with van der Waals surface area (Å²) in [6.07, 6.45) is -0.647. The third-order valence-electron chi connectivity index (χ3n) is 3.26. The van der Waals surface area contributed by atoms with E-state index in [9.17, 15) is 0 Å². The van der Waals surface area contributed by atoms with Crippen molar-refractivity contribution in [1.82, 2.24) is 4.90 Å². The van der Waals surface area contributed by atoms with Crippen molar-refractivity contribution in [2.45, 2.75) is 12.6 Å². The molecule has 0 saturated heterocycles. The molecule has 2 aromatic carbocycles. The highest BCUT2D eigenvalue weighted by Gasteiger charge is 2.20. The molecule has 0 bridgehead atoms.